The minimum Gasteiger partial charge on any atom is -0.469 e. The molecule has 0 unspecified atom stereocenters. The summed E-state index contributed by atoms with van der Waals surface area (Å²) < 4.78 is 31.1. The van der Waals surface area contributed by atoms with Crippen LogP contribution in [0.5, 0.6) is 0 Å². The number of fused-ring (bicyclic) bond motifs is 1. The highest BCUT2D eigenvalue weighted by Crippen LogP contribution is 2.50. The number of aromatic nitrogens is 2. The summed E-state index contributed by atoms with van der Waals surface area (Å²) in [6, 6.07) is 0. The first kappa shape index (κ1) is 14.5. The summed E-state index contributed by atoms with van der Waals surface area (Å²) in [6.07, 6.45) is 5.30. The first-order valence-corrected chi connectivity index (χ1v) is 9.30. The van der Waals surface area contributed by atoms with E-state index >= 15 is 0 Å². The van der Waals surface area contributed by atoms with Gasteiger partial charge >= 0.3 is 5.97 Å². The monoisotopic (exact) mass is 328 g/mol. The first-order valence-electron chi connectivity index (χ1n) is 6.60. The van der Waals surface area contributed by atoms with Crippen molar-refractivity contribution in [2.24, 2.45) is 5.41 Å². The van der Waals surface area contributed by atoms with Crippen LogP contribution >= 0.6 is 11.3 Å². The summed E-state index contributed by atoms with van der Waals surface area (Å²) in [6.45, 7) is 0. The molecule has 0 aromatic carbocycles. The lowest BCUT2D eigenvalue weighted by molar-refractivity contribution is -0.141. The Bertz CT molecular complexity index is 743. The van der Waals surface area contributed by atoms with Crippen LogP contribution in [0.3, 0.4) is 0 Å². The maximum absolute atomic E-state index is 12.3. The van der Waals surface area contributed by atoms with Crippen molar-refractivity contribution in [1.82, 2.24) is 9.38 Å². The van der Waals surface area contributed by atoms with Gasteiger partial charge in [-0.05, 0) is 18.3 Å². The molecule has 1 aliphatic carbocycles. The zero-order valence-corrected chi connectivity index (χ0v) is 13.2. The summed E-state index contributed by atoms with van der Waals surface area (Å²) >= 11 is 1.47. The third-order valence-corrected chi connectivity index (χ3v) is 6.30. The highest BCUT2D eigenvalue weighted by Gasteiger charge is 2.47. The average Bonchev–Trinajstić information content (AvgIpc) is 2.81. The summed E-state index contributed by atoms with van der Waals surface area (Å²) in [5.41, 5.74) is 0.138. The SMILES string of the molecule is COC(=O)CC1(CS(=O)(=O)Cc2cn3ccsc3n2)CC1. The van der Waals surface area contributed by atoms with Gasteiger partial charge < -0.3 is 4.74 Å². The minimum absolute atomic E-state index is 0.0281. The number of hydrogen-bond acceptors (Lipinski definition) is 6. The first-order chi connectivity index (χ1) is 9.91. The van der Waals surface area contributed by atoms with Gasteiger partial charge in [0.15, 0.2) is 14.8 Å². The molecule has 1 saturated carbocycles. The van der Waals surface area contributed by atoms with E-state index in [4.69, 9.17) is 0 Å². The molecule has 8 heteroatoms. The van der Waals surface area contributed by atoms with Crippen LogP contribution in [0.4, 0.5) is 0 Å². The van der Waals surface area contributed by atoms with Crippen LogP contribution in [0.1, 0.15) is 25.0 Å². The third kappa shape index (κ3) is 3.26. The molecule has 21 heavy (non-hydrogen) atoms. The summed E-state index contributed by atoms with van der Waals surface area (Å²) in [5.74, 6) is -0.393. The predicted molar refractivity (Wildman–Crippen MR) is 78.9 cm³/mol. The molecule has 0 N–H and O–H groups in total. The van der Waals surface area contributed by atoms with Crippen molar-refractivity contribution in [1.29, 1.82) is 0 Å². The predicted octanol–water partition coefficient (Wildman–Crippen LogP) is 1.65. The van der Waals surface area contributed by atoms with Gasteiger partial charge in [-0.3, -0.25) is 9.20 Å². The Morgan fingerprint density at radius 3 is 2.90 bits per heavy atom. The molecule has 2 aromatic rings. The Morgan fingerprint density at radius 1 is 1.52 bits per heavy atom. The van der Waals surface area contributed by atoms with Gasteiger partial charge in [0.25, 0.3) is 0 Å². The van der Waals surface area contributed by atoms with E-state index in [9.17, 15) is 13.2 Å². The van der Waals surface area contributed by atoms with Crippen LogP contribution in [0, 0.1) is 5.41 Å². The molecule has 114 valence electrons. The summed E-state index contributed by atoms with van der Waals surface area (Å²) in [5, 5.41) is 1.90. The van der Waals surface area contributed by atoms with E-state index in [0.717, 1.165) is 17.8 Å². The summed E-state index contributed by atoms with van der Waals surface area (Å²) in [4.78, 5) is 16.4. The maximum Gasteiger partial charge on any atom is 0.306 e. The molecule has 0 bridgehead atoms. The smallest absolute Gasteiger partial charge is 0.306 e. The average molecular weight is 328 g/mol. The maximum atomic E-state index is 12.3. The molecule has 6 nitrogen and oxygen atoms in total. The third-order valence-electron chi connectivity index (χ3n) is 3.74. The number of hydrogen-bond donors (Lipinski definition) is 0. The van der Waals surface area contributed by atoms with E-state index < -0.39 is 15.3 Å². The molecular weight excluding hydrogens is 312 g/mol. The van der Waals surface area contributed by atoms with Gasteiger partial charge in [0.2, 0.25) is 0 Å². The Kier molecular flexibility index (Phi) is 3.53. The number of carbonyl (C=O) groups excluding carboxylic acids is 1. The number of rotatable bonds is 6. The van der Waals surface area contributed by atoms with Crippen LogP contribution in [0.25, 0.3) is 4.96 Å². The second-order valence-corrected chi connectivity index (χ2v) is 8.55. The minimum atomic E-state index is -3.29. The van der Waals surface area contributed by atoms with Crippen LogP contribution in [0.15, 0.2) is 17.8 Å². The van der Waals surface area contributed by atoms with Gasteiger partial charge in [-0.25, -0.2) is 13.4 Å². The molecule has 1 fully saturated rings. The van der Waals surface area contributed by atoms with Crippen LogP contribution in [0.2, 0.25) is 0 Å². The molecule has 0 atom stereocenters. The number of methoxy groups -OCH3 is 1. The van der Waals surface area contributed by atoms with Gasteiger partial charge in [0.1, 0.15) is 0 Å². The van der Waals surface area contributed by atoms with Crippen LogP contribution in [-0.4, -0.2) is 36.6 Å². The topological polar surface area (TPSA) is 77.7 Å². The Labute approximate surface area is 126 Å². The van der Waals surface area contributed by atoms with Gasteiger partial charge in [-0.15, -0.1) is 11.3 Å². The molecule has 2 aromatic heterocycles. The Morgan fingerprint density at radius 2 is 2.29 bits per heavy atom. The van der Waals surface area contributed by atoms with Crippen LogP contribution < -0.4 is 0 Å². The molecule has 2 heterocycles. The van der Waals surface area contributed by atoms with E-state index in [2.05, 4.69) is 9.72 Å². The van der Waals surface area contributed by atoms with Crippen molar-refractivity contribution in [2.45, 2.75) is 25.0 Å². The second kappa shape index (κ2) is 5.10. The highest BCUT2D eigenvalue weighted by molar-refractivity contribution is 7.90. The standard InChI is InChI=1S/C13H16N2O4S2/c1-19-11(16)6-13(2-3-13)9-21(17,18)8-10-7-15-4-5-20-12(15)14-10/h4-5,7H,2-3,6,8-9H2,1H3. The van der Waals surface area contributed by atoms with Crippen molar-refractivity contribution in [2.75, 3.05) is 12.9 Å². The zero-order valence-electron chi connectivity index (χ0n) is 11.6. The fourth-order valence-corrected chi connectivity index (χ4v) is 5.25. The lowest BCUT2D eigenvalue weighted by atomic mass is 10.1. The number of nitrogens with zero attached hydrogens (tertiary/aromatic N) is 2. The number of esters is 1. The van der Waals surface area contributed by atoms with E-state index in [-0.39, 0.29) is 23.9 Å². The zero-order chi connectivity index (χ0) is 15.1. The molecule has 3 rings (SSSR count). The molecule has 1 aliphatic rings. The van der Waals surface area contributed by atoms with Crippen molar-refractivity contribution < 1.29 is 17.9 Å². The summed E-state index contributed by atoms with van der Waals surface area (Å²) in [7, 11) is -1.96. The highest BCUT2D eigenvalue weighted by atomic mass is 32.2. The van der Waals surface area contributed by atoms with Gasteiger partial charge in [-0.1, -0.05) is 0 Å². The molecule has 0 aliphatic heterocycles. The van der Waals surface area contributed by atoms with Gasteiger partial charge in [0, 0.05) is 17.8 Å². The normalized spacial score (nSPS) is 17.0. The Balaban J connectivity index is 1.69. The Hall–Kier alpha value is -1.41. The van der Waals surface area contributed by atoms with E-state index in [1.807, 2.05) is 16.0 Å². The number of imidazole rings is 1. The van der Waals surface area contributed by atoms with Crippen molar-refractivity contribution >= 4 is 32.1 Å². The molecular formula is C13H16N2O4S2. The number of carbonyl (C=O) groups is 1. The van der Waals surface area contributed by atoms with E-state index in [0.29, 0.717) is 5.69 Å². The fraction of sp³-hybridized carbons (Fsp3) is 0.538. The molecule has 0 saturated heterocycles. The quantitative estimate of drug-likeness (QED) is 0.754. The number of ether oxygens (including phenoxy) is 1. The fourth-order valence-electron chi connectivity index (χ4n) is 2.52. The van der Waals surface area contributed by atoms with Gasteiger partial charge in [0.05, 0.1) is 30.7 Å². The van der Waals surface area contributed by atoms with E-state index in [1.54, 1.807) is 6.20 Å². The van der Waals surface area contributed by atoms with Crippen molar-refractivity contribution in [3.05, 3.63) is 23.5 Å². The molecule has 0 spiro atoms. The van der Waals surface area contributed by atoms with Gasteiger partial charge in [-0.2, -0.15) is 0 Å². The lowest BCUT2D eigenvalue weighted by Crippen LogP contribution is -2.22. The molecule has 0 amide bonds. The van der Waals surface area contributed by atoms with Crippen molar-refractivity contribution in [3.63, 3.8) is 0 Å². The lowest BCUT2D eigenvalue weighted by Gasteiger charge is -2.13. The number of thiazole rings is 1. The largest absolute Gasteiger partial charge is 0.469 e. The molecule has 0 radical (unpaired) electrons. The van der Waals surface area contributed by atoms with Crippen LogP contribution in [-0.2, 0) is 25.1 Å². The second-order valence-electron chi connectivity index (χ2n) is 5.61. The van der Waals surface area contributed by atoms with E-state index in [1.165, 1.54) is 18.4 Å². The number of sulfone groups is 1. The van der Waals surface area contributed by atoms with Crippen molar-refractivity contribution in [3.8, 4) is 0 Å².